The molecule has 1 heterocycles. The summed E-state index contributed by atoms with van der Waals surface area (Å²) in [5, 5.41) is -0.370. The first-order valence-corrected chi connectivity index (χ1v) is 8.28. The average molecular weight is 373 g/mol. The summed E-state index contributed by atoms with van der Waals surface area (Å²) in [5.74, 6) is -2.03. The van der Waals surface area contributed by atoms with Crippen molar-refractivity contribution in [2.45, 2.75) is 13.3 Å². The summed E-state index contributed by atoms with van der Waals surface area (Å²) in [6, 6.07) is 7.60. The number of aromatic nitrogens is 1. The van der Waals surface area contributed by atoms with E-state index in [1.807, 2.05) is 0 Å². The molecule has 0 aliphatic heterocycles. The van der Waals surface area contributed by atoms with Gasteiger partial charge in [-0.1, -0.05) is 12.1 Å². The van der Waals surface area contributed by atoms with Gasteiger partial charge in [0.15, 0.2) is 0 Å². The van der Waals surface area contributed by atoms with Crippen molar-refractivity contribution >= 4 is 16.9 Å². The van der Waals surface area contributed by atoms with Crippen molar-refractivity contribution in [3.8, 4) is 5.75 Å². The minimum atomic E-state index is -1.03. The molecule has 3 aromatic rings. The van der Waals surface area contributed by atoms with E-state index in [4.69, 9.17) is 9.47 Å². The molecule has 2 aromatic carbocycles. The number of pyridine rings is 1. The summed E-state index contributed by atoms with van der Waals surface area (Å²) in [5.41, 5.74) is -0.274. The van der Waals surface area contributed by atoms with Gasteiger partial charge in [0.1, 0.15) is 22.9 Å². The number of halogens is 2. The molecule has 0 atom stereocenters. The van der Waals surface area contributed by atoms with Crippen LogP contribution in [-0.2, 0) is 11.2 Å². The highest BCUT2D eigenvalue weighted by molar-refractivity contribution is 5.94. The van der Waals surface area contributed by atoms with E-state index < -0.39 is 23.0 Å². The standard InChI is InChI=1S/C20H17F2NO4/c1-3-27-20(25)14-10-23-18-13(8-11-4-6-12(26-2)7-5-11)15(21)9-16(22)17(18)19(14)24/h4-7,9-10H,3,8H2,1-2H3,(H,23,24). The van der Waals surface area contributed by atoms with Gasteiger partial charge in [0.05, 0.1) is 24.6 Å². The lowest BCUT2D eigenvalue weighted by atomic mass is 9.99. The van der Waals surface area contributed by atoms with E-state index in [-0.39, 0.29) is 35.1 Å². The maximum atomic E-state index is 14.4. The van der Waals surface area contributed by atoms with Crippen molar-refractivity contribution in [1.29, 1.82) is 0 Å². The zero-order valence-electron chi connectivity index (χ0n) is 14.8. The Morgan fingerprint density at radius 1 is 1.15 bits per heavy atom. The monoisotopic (exact) mass is 373 g/mol. The van der Waals surface area contributed by atoms with Gasteiger partial charge in [0.25, 0.3) is 0 Å². The topological polar surface area (TPSA) is 68.4 Å². The van der Waals surface area contributed by atoms with Crippen LogP contribution in [0.2, 0.25) is 0 Å². The lowest BCUT2D eigenvalue weighted by molar-refractivity contribution is 0.0524. The number of nitrogens with one attached hydrogen (secondary N) is 1. The molecule has 5 nitrogen and oxygen atoms in total. The van der Waals surface area contributed by atoms with Crippen molar-refractivity contribution in [2.24, 2.45) is 0 Å². The number of aromatic amines is 1. The van der Waals surface area contributed by atoms with Gasteiger partial charge in [-0.05, 0) is 24.6 Å². The Labute approximate surface area is 153 Å². The Bertz CT molecular complexity index is 1060. The number of fused-ring (bicyclic) bond motifs is 1. The number of H-pyrrole nitrogens is 1. The number of esters is 1. The normalized spacial score (nSPS) is 10.8. The first-order chi connectivity index (χ1) is 13.0. The fraction of sp³-hybridized carbons (Fsp3) is 0.200. The van der Waals surface area contributed by atoms with Crippen LogP contribution in [0.25, 0.3) is 10.9 Å². The van der Waals surface area contributed by atoms with Gasteiger partial charge in [0.2, 0.25) is 5.43 Å². The average Bonchev–Trinajstić information content (AvgIpc) is 2.65. The van der Waals surface area contributed by atoms with E-state index in [9.17, 15) is 18.4 Å². The molecule has 0 radical (unpaired) electrons. The van der Waals surface area contributed by atoms with E-state index in [2.05, 4.69) is 4.98 Å². The molecule has 7 heteroatoms. The Morgan fingerprint density at radius 2 is 1.85 bits per heavy atom. The molecule has 0 spiro atoms. The molecule has 1 aromatic heterocycles. The van der Waals surface area contributed by atoms with E-state index in [0.717, 1.165) is 11.8 Å². The van der Waals surface area contributed by atoms with Crippen LogP contribution in [0, 0.1) is 11.6 Å². The number of carbonyl (C=O) groups excluding carboxylic acids is 1. The summed E-state index contributed by atoms with van der Waals surface area (Å²) >= 11 is 0. The van der Waals surface area contributed by atoms with Crippen molar-refractivity contribution in [2.75, 3.05) is 13.7 Å². The van der Waals surface area contributed by atoms with Gasteiger partial charge < -0.3 is 14.5 Å². The maximum absolute atomic E-state index is 14.4. The smallest absolute Gasteiger partial charge is 0.343 e. The largest absolute Gasteiger partial charge is 0.497 e. The van der Waals surface area contributed by atoms with Crippen LogP contribution in [0.5, 0.6) is 5.75 Å². The third kappa shape index (κ3) is 3.53. The van der Waals surface area contributed by atoms with Gasteiger partial charge in [-0.15, -0.1) is 0 Å². The van der Waals surface area contributed by atoms with E-state index in [1.165, 1.54) is 7.11 Å². The Kier molecular flexibility index (Phi) is 5.21. The van der Waals surface area contributed by atoms with Gasteiger partial charge in [-0.3, -0.25) is 4.79 Å². The number of benzene rings is 2. The molecule has 0 aliphatic rings. The van der Waals surface area contributed by atoms with Crippen molar-refractivity contribution < 1.29 is 23.0 Å². The van der Waals surface area contributed by atoms with Crippen molar-refractivity contribution in [3.05, 3.63) is 75.1 Å². The lowest BCUT2D eigenvalue weighted by Crippen LogP contribution is -2.19. The first-order valence-electron chi connectivity index (χ1n) is 8.28. The second-order valence-electron chi connectivity index (χ2n) is 5.85. The number of methoxy groups -OCH3 is 1. The number of hydrogen-bond donors (Lipinski definition) is 1. The molecular weight excluding hydrogens is 356 g/mol. The second kappa shape index (κ2) is 7.57. The van der Waals surface area contributed by atoms with Crippen LogP contribution in [0.1, 0.15) is 28.4 Å². The van der Waals surface area contributed by atoms with Crippen molar-refractivity contribution in [1.82, 2.24) is 4.98 Å². The maximum Gasteiger partial charge on any atom is 0.343 e. The number of carbonyl (C=O) groups is 1. The molecule has 27 heavy (non-hydrogen) atoms. The number of rotatable bonds is 5. The summed E-state index contributed by atoms with van der Waals surface area (Å²) < 4.78 is 38.7. The summed E-state index contributed by atoms with van der Waals surface area (Å²) in [6.45, 7) is 1.67. The minimum absolute atomic E-state index is 0.0152. The third-order valence-electron chi connectivity index (χ3n) is 4.20. The summed E-state index contributed by atoms with van der Waals surface area (Å²) in [6.07, 6.45) is 1.25. The van der Waals surface area contributed by atoms with Gasteiger partial charge >= 0.3 is 5.97 Å². The Hall–Kier alpha value is -3.22. The molecule has 1 N–H and O–H groups in total. The van der Waals surface area contributed by atoms with Gasteiger partial charge in [-0.2, -0.15) is 0 Å². The first kappa shape index (κ1) is 18.6. The molecule has 0 fully saturated rings. The summed E-state index contributed by atoms with van der Waals surface area (Å²) in [4.78, 5) is 27.1. The second-order valence-corrected chi connectivity index (χ2v) is 5.85. The van der Waals surface area contributed by atoms with Crippen LogP contribution < -0.4 is 10.2 Å². The van der Waals surface area contributed by atoms with Crippen LogP contribution in [0.15, 0.2) is 41.3 Å². The van der Waals surface area contributed by atoms with Crippen LogP contribution in [-0.4, -0.2) is 24.7 Å². The van der Waals surface area contributed by atoms with Gasteiger partial charge in [0, 0.05) is 24.2 Å². The van der Waals surface area contributed by atoms with Crippen LogP contribution in [0.3, 0.4) is 0 Å². The number of ether oxygens (including phenoxy) is 2. The molecule has 0 saturated carbocycles. The fourth-order valence-corrected chi connectivity index (χ4v) is 2.87. The Morgan fingerprint density at radius 3 is 2.48 bits per heavy atom. The van der Waals surface area contributed by atoms with Gasteiger partial charge in [-0.25, -0.2) is 13.6 Å². The van der Waals surface area contributed by atoms with E-state index in [1.54, 1.807) is 31.2 Å². The quantitative estimate of drug-likeness (QED) is 0.694. The summed E-state index contributed by atoms with van der Waals surface area (Å²) in [7, 11) is 1.54. The highest BCUT2D eigenvalue weighted by Gasteiger charge is 2.20. The van der Waals surface area contributed by atoms with E-state index in [0.29, 0.717) is 11.8 Å². The predicted molar refractivity (Wildman–Crippen MR) is 96.2 cm³/mol. The fourth-order valence-electron chi connectivity index (χ4n) is 2.87. The molecule has 0 saturated heterocycles. The molecule has 3 rings (SSSR count). The highest BCUT2D eigenvalue weighted by Crippen LogP contribution is 2.25. The zero-order chi connectivity index (χ0) is 19.6. The lowest BCUT2D eigenvalue weighted by Gasteiger charge is -2.11. The SMILES string of the molecule is CCOC(=O)c1c[nH]c2c(Cc3ccc(OC)cc3)c(F)cc(F)c2c1=O. The van der Waals surface area contributed by atoms with Crippen molar-refractivity contribution in [3.63, 3.8) is 0 Å². The molecule has 0 bridgehead atoms. The predicted octanol–water partition coefficient (Wildman–Crippen LogP) is 3.58. The Balaban J connectivity index is 2.14. The number of hydrogen-bond acceptors (Lipinski definition) is 4. The molecule has 0 aliphatic carbocycles. The molecule has 0 unspecified atom stereocenters. The zero-order valence-corrected chi connectivity index (χ0v) is 14.8. The third-order valence-corrected chi connectivity index (χ3v) is 4.20. The highest BCUT2D eigenvalue weighted by atomic mass is 19.1. The van der Waals surface area contributed by atoms with Crippen LogP contribution in [0.4, 0.5) is 8.78 Å². The van der Waals surface area contributed by atoms with Crippen LogP contribution >= 0.6 is 0 Å². The molecule has 0 amide bonds. The molecular formula is C20H17F2NO4. The minimum Gasteiger partial charge on any atom is -0.497 e. The van der Waals surface area contributed by atoms with E-state index >= 15 is 0 Å². The molecule has 140 valence electrons.